The Kier molecular flexibility index (Phi) is 7.28. The van der Waals surface area contributed by atoms with Gasteiger partial charge in [0, 0.05) is 15.7 Å². The van der Waals surface area contributed by atoms with Gasteiger partial charge in [0.1, 0.15) is 24.0 Å². The number of nitriles is 1. The molecule has 0 atom stereocenters. The van der Waals surface area contributed by atoms with Gasteiger partial charge in [-0.05, 0) is 68.3 Å². The first-order chi connectivity index (χ1) is 14.8. The van der Waals surface area contributed by atoms with Gasteiger partial charge in [0.2, 0.25) is 0 Å². The summed E-state index contributed by atoms with van der Waals surface area (Å²) in [5.74, 6) is 0.131. The van der Waals surface area contributed by atoms with Crippen molar-refractivity contribution in [2.75, 3.05) is 5.32 Å². The van der Waals surface area contributed by atoms with E-state index in [-0.39, 0.29) is 5.57 Å². The van der Waals surface area contributed by atoms with Crippen molar-refractivity contribution in [2.45, 2.75) is 27.4 Å². The highest BCUT2D eigenvalue weighted by Gasteiger charge is 2.12. The van der Waals surface area contributed by atoms with Crippen LogP contribution >= 0.6 is 15.9 Å². The van der Waals surface area contributed by atoms with E-state index in [4.69, 9.17) is 4.74 Å². The van der Waals surface area contributed by atoms with Crippen LogP contribution in [0.4, 0.5) is 5.69 Å². The molecular formula is C26H23BrN2O2. The van der Waals surface area contributed by atoms with E-state index in [1.807, 2.05) is 49.4 Å². The second-order valence-electron chi connectivity index (χ2n) is 7.46. The fourth-order valence-corrected chi connectivity index (χ4v) is 3.68. The lowest BCUT2D eigenvalue weighted by Crippen LogP contribution is -2.13. The third-order valence-electron chi connectivity index (χ3n) is 4.59. The SMILES string of the molecule is Cc1cc(C)cc(COc2ccc(Br)cc2/C=C(\C#N)C(=O)Nc2cccc(C)c2)c1. The number of nitrogens with zero attached hydrogens (tertiary/aromatic N) is 1. The number of nitrogens with one attached hydrogen (secondary N) is 1. The quantitative estimate of drug-likeness (QED) is 0.327. The number of halogens is 1. The van der Waals surface area contributed by atoms with Gasteiger partial charge in [-0.15, -0.1) is 0 Å². The fraction of sp³-hybridized carbons (Fsp3) is 0.154. The lowest BCUT2D eigenvalue weighted by atomic mass is 10.1. The minimum Gasteiger partial charge on any atom is -0.488 e. The highest BCUT2D eigenvalue weighted by molar-refractivity contribution is 9.10. The van der Waals surface area contributed by atoms with Crippen molar-refractivity contribution in [2.24, 2.45) is 0 Å². The molecule has 1 N–H and O–H groups in total. The lowest BCUT2D eigenvalue weighted by Gasteiger charge is -2.12. The summed E-state index contributed by atoms with van der Waals surface area (Å²) >= 11 is 3.45. The van der Waals surface area contributed by atoms with E-state index in [1.54, 1.807) is 12.1 Å². The van der Waals surface area contributed by atoms with Crippen LogP contribution in [0.5, 0.6) is 5.75 Å². The van der Waals surface area contributed by atoms with Gasteiger partial charge in [0.15, 0.2) is 0 Å². The zero-order valence-electron chi connectivity index (χ0n) is 17.7. The van der Waals surface area contributed by atoms with Crippen molar-refractivity contribution >= 4 is 33.6 Å². The molecule has 156 valence electrons. The number of benzene rings is 3. The summed E-state index contributed by atoms with van der Waals surface area (Å²) in [5.41, 5.74) is 5.72. The van der Waals surface area contributed by atoms with E-state index in [0.29, 0.717) is 23.6 Å². The van der Waals surface area contributed by atoms with Gasteiger partial charge in [0.05, 0.1) is 0 Å². The lowest BCUT2D eigenvalue weighted by molar-refractivity contribution is -0.112. The van der Waals surface area contributed by atoms with E-state index >= 15 is 0 Å². The average Bonchev–Trinajstić information content (AvgIpc) is 2.70. The predicted octanol–water partition coefficient (Wildman–Crippen LogP) is 6.50. The minimum atomic E-state index is -0.465. The van der Waals surface area contributed by atoms with Crippen molar-refractivity contribution in [1.29, 1.82) is 5.26 Å². The molecule has 0 radical (unpaired) electrons. The summed E-state index contributed by atoms with van der Waals surface area (Å²) in [4.78, 5) is 12.7. The number of amides is 1. The number of ether oxygens (including phenoxy) is 1. The summed E-state index contributed by atoms with van der Waals surface area (Å²) in [6.07, 6.45) is 1.55. The van der Waals surface area contributed by atoms with Crippen LogP contribution in [-0.2, 0) is 11.4 Å². The molecule has 0 bridgehead atoms. The summed E-state index contributed by atoms with van der Waals surface area (Å²) in [5, 5.41) is 12.4. The molecule has 0 unspecified atom stereocenters. The largest absolute Gasteiger partial charge is 0.488 e. The zero-order chi connectivity index (χ0) is 22.4. The number of carbonyl (C=O) groups is 1. The van der Waals surface area contributed by atoms with Crippen LogP contribution in [0.25, 0.3) is 6.08 Å². The molecular weight excluding hydrogens is 452 g/mol. The number of aryl methyl sites for hydroxylation is 3. The van der Waals surface area contributed by atoms with E-state index in [0.717, 1.165) is 15.6 Å². The van der Waals surface area contributed by atoms with Crippen LogP contribution in [0.1, 0.15) is 27.8 Å². The Balaban J connectivity index is 1.84. The van der Waals surface area contributed by atoms with Gasteiger partial charge < -0.3 is 10.1 Å². The molecule has 0 saturated heterocycles. The Labute approximate surface area is 191 Å². The topological polar surface area (TPSA) is 62.1 Å². The molecule has 1 amide bonds. The van der Waals surface area contributed by atoms with Gasteiger partial charge in [-0.3, -0.25) is 4.79 Å². The van der Waals surface area contributed by atoms with Crippen molar-refractivity contribution in [3.63, 3.8) is 0 Å². The van der Waals surface area contributed by atoms with Crippen LogP contribution in [0.3, 0.4) is 0 Å². The van der Waals surface area contributed by atoms with Crippen LogP contribution < -0.4 is 10.1 Å². The fourth-order valence-electron chi connectivity index (χ4n) is 3.30. The Morgan fingerprint density at radius 1 is 1.03 bits per heavy atom. The molecule has 0 aliphatic heterocycles. The number of rotatable bonds is 6. The first-order valence-corrected chi connectivity index (χ1v) is 10.6. The van der Waals surface area contributed by atoms with Crippen molar-refractivity contribution in [1.82, 2.24) is 0 Å². The first kappa shape index (κ1) is 22.3. The Hall–Kier alpha value is -3.36. The normalized spacial score (nSPS) is 11.0. The zero-order valence-corrected chi connectivity index (χ0v) is 19.3. The van der Waals surface area contributed by atoms with Crippen LogP contribution in [0, 0.1) is 32.1 Å². The molecule has 3 rings (SSSR count). The molecule has 0 spiro atoms. The van der Waals surface area contributed by atoms with Gasteiger partial charge in [-0.1, -0.05) is 57.4 Å². The second-order valence-corrected chi connectivity index (χ2v) is 8.38. The van der Waals surface area contributed by atoms with E-state index in [1.165, 1.54) is 11.1 Å². The summed E-state index contributed by atoms with van der Waals surface area (Å²) in [6.45, 7) is 6.44. The molecule has 0 aliphatic carbocycles. The Morgan fingerprint density at radius 3 is 2.45 bits per heavy atom. The third kappa shape index (κ3) is 6.31. The maximum Gasteiger partial charge on any atom is 0.266 e. The van der Waals surface area contributed by atoms with Crippen LogP contribution in [-0.4, -0.2) is 5.91 Å². The average molecular weight is 475 g/mol. The number of hydrogen-bond acceptors (Lipinski definition) is 3. The van der Waals surface area contributed by atoms with Gasteiger partial charge >= 0.3 is 0 Å². The van der Waals surface area contributed by atoms with E-state index < -0.39 is 5.91 Å². The molecule has 31 heavy (non-hydrogen) atoms. The molecule has 3 aromatic rings. The second kappa shape index (κ2) is 10.1. The number of hydrogen-bond donors (Lipinski definition) is 1. The highest BCUT2D eigenvalue weighted by Crippen LogP contribution is 2.27. The molecule has 0 saturated carbocycles. The first-order valence-electron chi connectivity index (χ1n) is 9.83. The summed E-state index contributed by atoms with van der Waals surface area (Å²) < 4.78 is 6.87. The summed E-state index contributed by atoms with van der Waals surface area (Å²) in [7, 11) is 0. The minimum absolute atomic E-state index is 0.00384. The summed E-state index contributed by atoms with van der Waals surface area (Å²) in [6, 6.07) is 21.2. The maximum absolute atomic E-state index is 12.7. The van der Waals surface area contributed by atoms with Crippen molar-refractivity contribution < 1.29 is 9.53 Å². The van der Waals surface area contributed by atoms with Gasteiger partial charge in [-0.2, -0.15) is 5.26 Å². The van der Waals surface area contributed by atoms with E-state index in [9.17, 15) is 10.1 Å². The van der Waals surface area contributed by atoms with Crippen LogP contribution in [0.15, 0.2) is 70.7 Å². The van der Waals surface area contributed by atoms with E-state index in [2.05, 4.69) is 53.3 Å². The Bertz CT molecular complexity index is 1170. The standard InChI is InChI=1S/C26H23BrN2O2/c1-17-5-4-6-24(12-17)29-26(30)22(15-28)13-21-14-23(27)7-8-25(21)31-16-20-10-18(2)9-19(3)11-20/h4-14H,16H2,1-3H3,(H,29,30)/b22-13+. The smallest absolute Gasteiger partial charge is 0.266 e. The molecule has 0 aliphatic rings. The van der Waals surface area contributed by atoms with Crippen molar-refractivity contribution in [3.8, 4) is 11.8 Å². The third-order valence-corrected chi connectivity index (χ3v) is 5.08. The molecule has 0 aromatic heterocycles. The van der Waals surface area contributed by atoms with Gasteiger partial charge in [-0.25, -0.2) is 0 Å². The van der Waals surface area contributed by atoms with Crippen LogP contribution in [0.2, 0.25) is 0 Å². The van der Waals surface area contributed by atoms with Crippen molar-refractivity contribution in [3.05, 3.63) is 98.5 Å². The van der Waals surface area contributed by atoms with Gasteiger partial charge in [0.25, 0.3) is 5.91 Å². The predicted molar refractivity (Wildman–Crippen MR) is 128 cm³/mol. The molecule has 0 heterocycles. The highest BCUT2D eigenvalue weighted by atomic mass is 79.9. The monoisotopic (exact) mass is 474 g/mol. The molecule has 4 nitrogen and oxygen atoms in total. The molecule has 5 heteroatoms. The molecule has 0 fully saturated rings. The number of anilines is 1. The maximum atomic E-state index is 12.7. The Morgan fingerprint density at radius 2 is 1.77 bits per heavy atom. The molecule has 3 aromatic carbocycles. The number of carbonyl (C=O) groups excluding carboxylic acids is 1.